The minimum Gasteiger partial charge on any atom is -0.496 e. The fraction of sp³-hybridized carbons (Fsp3) is 0.586. The molecule has 2 aromatic rings. The highest BCUT2D eigenvalue weighted by Gasteiger charge is 2.41. The molecule has 190 valence electrons. The van der Waals surface area contributed by atoms with E-state index in [9.17, 15) is 0 Å². The van der Waals surface area contributed by atoms with E-state index in [0.29, 0.717) is 23.9 Å². The van der Waals surface area contributed by atoms with Crippen LogP contribution in [0.2, 0.25) is 0 Å². The van der Waals surface area contributed by atoms with E-state index in [4.69, 9.17) is 18.9 Å². The Kier molecular flexibility index (Phi) is 7.12. The van der Waals surface area contributed by atoms with E-state index in [1.807, 2.05) is 0 Å². The molecule has 6 nitrogen and oxygen atoms in total. The molecule has 0 aromatic heterocycles. The molecule has 0 spiro atoms. The molecular weight excluding hydrogens is 440 g/mol. The molecule has 2 aromatic carbocycles. The monoisotopic (exact) mass is 480 g/mol. The number of piperidine rings is 1. The molecule has 4 atom stereocenters. The van der Waals surface area contributed by atoms with Gasteiger partial charge in [-0.05, 0) is 79.5 Å². The molecule has 5 rings (SSSR count). The number of hydrogen-bond donors (Lipinski definition) is 1. The molecule has 35 heavy (non-hydrogen) atoms. The Bertz CT molecular complexity index is 1060. The first-order chi connectivity index (χ1) is 17.1. The van der Waals surface area contributed by atoms with Crippen LogP contribution in [-0.2, 0) is 12.8 Å². The van der Waals surface area contributed by atoms with E-state index >= 15 is 0 Å². The van der Waals surface area contributed by atoms with Crippen LogP contribution in [0.15, 0.2) is 24.3 Å². The summed E-state index contributed by atoms with van der Waals surface area (Å²) in [7, 11) is 7.01. The minimum atomic E-state index is 0.333. The highest BCUT2D eigenvalue weighted by atomic mass is 16.5. The lowest BCUT2D eigenvalue weighted by Gasteiger charge is -2.48. The summed E-state index contributed by atoms with van der Waals surface area (Å²) in [6.45, 7) is 5.60. The van der Waals surface area contributed by atoms with E-state index in [-0.39, 0.29) is 0 Å². The van der Waals surface area contributed by atoms with Gasteiger partial charge in [-0.1, -0.05) is 13.3 Å². The number of rotatable bonds is 7. The van der Waals surface area contributed by atoms with Crippen molar-refractivity contribution in [3.8, 4) is 23.0 Å². The van der Waals surface area contributed by atoms with Crippen LogP contribution in [0.1, 0.15) is 60.5 Å². The molecule has 3 aliphatic rings. The summed E-state index contributed by atoms with van der Waals surface area (Å²) in [5, 5.41) is 3.83. The third-order valence-corrected chi connectivity index (χ3v) is 8.67. The number of nitrogens with zero attached hydrogens (tertiary/aromatic N) is 1. The van der Waals surface area contributed by atoms with Gasteiger partial charge in [-0.3, -0.25) is 4.90 Å². The van der Waals surface area contributed by atoms with Crippen LogP contribution in [0, 0.1) is 11.8 Å². The maximum Gasteiger partial charge on any atom is 0.161 e. The van der Waals surface area contributed by atoms with E-state index < -0.39 is 0 Å². The number of ether oxygens (including phenoxy) is 4. The zero-order chi connectivity index (χ0) is 24.5. The number of nitrogens with one attached hydrogen (secondary N) is 1. The molecule has 6 heteroatoms. The molecule has 1 saturated heterocycles. The summed E-state index contributed by atoms with van der Waals surface area (Å²) in [6.07, 6.45) is 5.53. The van der Waals surface area contributed by atoms with Gasteiger partial charge in [-0.15, -0.1) is 0 Å². The SMILES string of the molecule is CC[C@@H]1CN2CCc3c(OC)ccc(OC)c3[C@@H]2C[C@H]1C[C@@H]1NCCc2cc(OC)c(OC)cc21. The van der Waals surface area contributed by atoms with Crippen LogP contribution in [0.4, 0.5) is 0 Å². The Morgan fingerprint density at radius 3 is 2.31 bits per heavy atom. The Morgan fingerprint density at radius 2 is 1.60 bits per heavy atom. The standard InChI is InChI=1S/C29H40N2O4/c1-6-18-17-31-12-10-21-25(32-2)7-8-26(33-3)29(21)24(31)14-20(18)13-23-22-16-28(35-5)27(34-4)15-19(22)9-11-30-23/h7-8,15-16,18,20,23-24,30H,6,9-14,17H2,1-5H3/t18-,20-,23+,24+/m1/s1. The molecule has 0 aliphatic carbocycles. The number of fused-ring (bicyclic) bond motifs is 4. The minimum absolute atomic E-state index is 0.333. The average Bonchev–Trinajstić information content (AvgIpc) is 2.91. The van der Waals surface area contributed by atoms with Crippen LogP contribution in [0.5, 0.6) is 23.0 Å². The second-order valence-electron chi connectivity index (χ2n) is 10.2. The Labute approximate surface area is 209 Å². The summed E-state index contributed by atoms with van der Waals surface area (Å²) in [5.41, 5.74) is 5.43. The van der Waals surface area contributed by atoms with Gasteiger partial charge in [-0.2, -0.15) is 0 Å². The van der Waals surface area contributed by atoms with Gasteiger partial charge >= 0.3 is 0 Å². The smallest absolute Gasteiger partial charge is 0.161 e. The lowest BCUT2D eigenvalue weighted by molar-refractivity contribution is 0.0419. The maximum atomic E-state index is 5.87. The van der Waals surface area contributed by atoms with Crippen LogP contribution < -0.4 is 24.3 Å². The maximum absolute atomic E-state index is 5.87. The van der Waals surface area contributed by atoms with Crippen molar-refractivity contribution in [3.63, 3.8) is 0 Å². The van der Waals surface area contributed by atoms with Gasteiger partial charge in [0.15, 0.2) is 11.5 Å². The fourth-order valence-electron chi connectivity index (χ4n) is 6.86. The third-order valence-electron chi connectivity index (χ3n) is 8.67. The van der Waals surface area contributed by atoms with Gasteiger partial charge in [0, 0.05) is 36.3 Å². The highest BCUT2D eigenvalue weighted by Crippen LogP contribution is 2.49. The highest BCUT2D eigenvalue weighted by molar-refractivity contribution is 5.52. The normalized spacial score (nSPS) is 25.7. The van der Waals surface area contributed by atoms with Gasteiger partial charge < -0.3 is 24.3 Å². The first kappa shape index (κ1) is 24.3. The van der Waals surface area contributed by atoms with Crippen LogP contribution in [-0.4, -0.2) is 53.0 Å². The molecule has 1 N–H and O–H groups in total. The summed E-state index contributed by atoms with van der Waals surface area (Å²) in [4.78, 5) is 2.70. The lowest BCUT2D eigenvalue weighted by Crippen LogP contribution is -2.47. The molecule has 3 heterocycles. The molecule has 0 amide bonds. The molecule has 0 radical (unpaired) electrons. The first-order valence-electron chi connectivity index (χ1n) is 13.1. The lowest BCUT2D eigenvalue weighted by atomic mass is 9.72. The van der Waals surface area contributed by atoms with E-state index in [2.05, 4.69) is 41.4 Å². The summed E-state index contributed by atoms with van der Waals surface area (Å²) in [6, 6.07) is 9.24. The zero-order valence-electron chi connectivity index (χ0n) is 21.9. The largest absolute Gasteiger partial charge is 0.496 e. The number of benzene rings is 2. The van der Waals surface area contributed by atoms with Crippen molar-refractivity contribution in [2.24, 2.45) is 11.8 Å². The van der Waals surface area contributed by atoms with Crippen LogP contribution in [0.25, 0.3) is 0 Å². The Hall–Kier alpha value is -2.44. The van der Waals surface area contributed by atoms with Crippen molar-refractivity contribution in [2.75, 3.05) is 48.1 Å². The van der Waals surface area contributed by atoms with Crippen molar-refractivity contribution in [1.82, 2.24) is 10.2 Å². The van der Waals surface area contributed by atoms with Gasteiger partial charge in [0.25, 0.3) is 0 Å². The molecule has 1 fully saturated rings. The topological polar surface area (TPSA) is 52.2 Å². The van der Waals surface area contributed by atoms with Crippen molar-refractivity contribution >= 4 is 0 Å². The van der Waals surface area contributed by atoms with E-state index in [0.717, 1.165) is 68.3 Å². The second kappa shape index (κ2) is 10.3. The average molecular weight is 481 g/mol. The summed E-state index contributed by atoms with van der Waals surface area (Å²) in [5.74, 6) is 4.96. The Morgan fingerprint density at radius 1 is 0.886 bits per heavy atom. The molecule has 0 bridgehead atoms. The van der Waals surface area contributed by atoms with Gasteiger partial charge in [0.1, 0.15) is 11.5 Å². The van der Waals surface area contributed by atoms with E-state index in [1.54, 1.807) is 28.4 Å². The van der Waals surface area contributed by atoms with Crippen LogP contribution >= 0.6 is 0 Å². The molecule has 0 saturated carbocycles. The zero-order valence-corrected chi connectivity index (χ0v) is 21.9. The molecule has 3 aliphatic heterocycles. The fourth-order valence-corrected chi connectivity index (χ4v) is 6.86. The van der Waals surface area contributed by atoms with Crippen molar-refractivity contribution in [2.45, 2.75) is 51.1 Å². The number of hydrogen-bond acceptors (Lipinski definition) is 6. The molecular formula is C29H40N2O4. The van der Waals surface area contributed by atoms with Crippen molar-refractivity contribution < 1.29 is 18.9 Å². The quantitative estimate of drug-likeness (QED) is 0.606. The van der Waals surface area contributed by atoms with Crippen LogP contribution in [0.3, 0.4) is 0 Å². The van der Waals surface area contributed by atoms with Gasteiger partial charge in [0.2, 0.25) is 0 Å². The molecule has 0 unspecified atom stereocenters. The number of methoxy groups -OCH3 is 4. The van der Waals surface area contributed by atoms with Crippen molar-refractivity contribution in [1.29, 1.82) is 0 Å². The summed E-state index contributed by atoms with van der Waals surface area (Å²) < 4.78 is 22.9. The van der Waals surface area contributed by atoms with E-state index in [1.165, 1.54) is 28.7 Å². The third kappa shape index (κ3) is 4.36. The van der Waals surface area contributed by atoms with Gasteiger partial charge in [0.05, 0.1) is 28.4 Å². The van der Waals surface area contributed by atoms with Crippen molar-refractivity contribution in [3.05, 3.63) is 46.5 Å². The Balaban J connectivity index is 1.45. The summed E-state index contributed by atoms with van der Waals surface area (Å²) >= 11 is 0. The van der Waals surface area contributed by atoms with Gasteiger partial charge in [-0.25, -0.2) is 0 Å². The predicted molar refractivity (Wildman–Crippen MR) is 138 cm³/mol. The second-order valence-corrected chi connectivity index (χ2v) is 10.2. The predicted octanol–water partition coefficient (Wildman–Crippen LogP) is 4.94. The first-order valence-corrected chi connectivity index (χ1v) is 13.1.